The number of imidazole rings is 2. The number of benzene rings is 2. The number of piperazine rings is 1. The maximum atomic E-state index is 14.6. The van der Waals surface area contributed by atoms with Crippen molar-refractivity contribution in [2.45, 2.75) is 32.6 Å². The van der Waals surface area contributed by atoms with E-state index in [9.17, 15) is 13.6 Å². The third kappa shape index (κ3) is 4.43. The van der Waals surface area contributed by atoms with Crippen molar-refractivity contribution in [1.82, 2.24) is 33.4 Å². The first-order valence-electron chi connectivity index (χ1n) is 13.8. The van der Waals surface area contributed by atoms with Gasteiger partial charge in [0.1, 0.15) is 5.82 Å². The number of rotatable bonds is 4. The van der Waals surface area contributed by atoms with Crippen LogP contribution in [0.1, 0.15) is 38.6 Å². The molecule has 0 bridgehead atoms. The smallest absolute Gasteiger partial charge is 0.328 e. The summed E-state index contributed by atoms with van der Waals surface area (Å²) in [4.78, 5) is 22.7. The Morgan fingerprint density at radius 3 is 2.22 bits per heavy atom. The molecule has 6 rings (SSSR count). The summed E-state index contributed by atoms with van der Waals surface area (Å²) in [6.07, 6.45) is 0.649. The zero-order valence-electron chi connectivity index (χ0n) is 24.6. The van der Waals surface area contributed by atoms with Gasteiger partial charge in [-0.1, -0.05) is 20.8 Å². The number of halogens is 2. The van der Waals surface area contributed by atoms with Crippen LogP contribution in [0.15, 0.2) is 41.5 Å². The quantitative estimate of drug-likeness (QED) is 0.320. The minimum atomic E-state index is -2.69. The van der Waals surface area contributed by atoms with Crippen LogP contribution in [0.25, 0.3) is 38.9 Å². The van der Waals surface area contributed by atoms with Crippen molar-refractivity contribution in [3.8, 4) is 16.8 Å². The van der Waals surface area contributed by atoms with Gasteiger partial charge in [-0.15, -0.1) is 0 Å². The van der Waals surface area contributed by atoms with Gasteiger partial charge < -0.3 is 9.80 Å². The monoisotopic (exact) mass is 562 g/mol. The lowest BCUT2D eigenvalue weighted by atomic mass is 9.95. The largest absolute Gasteiger partial charge is 0.367 e. The van der Waals surface area contributed by atoms with Crippen LogP contribution in [0.4, 0.5) is 14.5 Å². The second-order valence-electron chi connectivity index (χ2n) is 12.2. The van der Waals surface area contributed by atoms with E-state index in [1.165, 1.54) is 0 Å². The van der Waals surface area contributed by atoms with Crippen molar-refractivity contribution >= 4 is 27.8 Å². The second-order valence-corrected chi connectivity index (χ2v) is 12.2. The molecule has 11 heteroatoms. The third-order valence-electron chi connectivity index (χ3n) is 8.17. The minimum absolute atomic E-state index is 0.0698. The van der Waals surface area contributed by atoms with Crippen molar-refractivity contribution in [1.29, 1.82) is 0 Å². The van der Waals surface area contributed by atoms with Crippen LogP contribution >= 0.6 is 0 Å². The fourth-order valence-electron chi connectivity index (χ4n) is 5.93. The van der Waals surface area contributed by atoms with Crippen LogP contribution in [0.3, 0.4) is 0 Å². The second kappa shape index (κ2) is 9.54. The summed E-state index contributed by atoms with van der Waals surface area (Å²) in [5, 5.41) is 4.20. The number of hydrogen-bond acceptors (Lipinski definition) is 5. The number of fused-ring (bicyclic) bond motifs is 2. The fourth-order valence-corrected chi connectivity index (χ4v) is 5.93. The van der Waals surface area contributed by atoms with E-state index in [0.29, 0.717) is 22.2 Å². The molecule has 0 spiro atoms. The van der Waals surface area contributed by atoms with Gasteiger partial charge in [-0.3, -0.25) is 18.4 Å². The zero-order chi connectivity index (χ0) is 29.4. The highest BCUT2D eigenvalue weighted by Crippen LogP contribution is 2.39. The minimum Gasteiger partial charge on any atom is -0.367 e. The van der Waals surface area contributed by atoms with Crippen LogP contribution in [-0.2, 0) is 26.6 Å². The van der Waals surface area contributed by atoms with Crippen LogP contribution in [-0.4, -0.2) is 66.6 Å². The van der Waals surface area contributed by atoms with E-state index in [1.54, 1.807) is 59.5 Å². The Morgan fingerprint density at radius 1 is 0.902 bits per heavy atom. The van der Waals surface area contributed by atoms with Crippen molar-refractivity contribution in [3.05, 3.63) is 58.5 Å². The molecule has 0 amide bonds. The lowest BCUT2D eigenvalue weighted by molar-refractivity contribution is 0.152. The number of likely N-dealkylation sites (N-methyl/N-ethyl adjacent to an activating group) is 1. The zero-order valence-corrected chi connectivity index (χ0v) is 24.6. The van der Waals surface area contributed by atoms with Crippen molar-refractivity contribution in [2.75, 3.05) is 38.1 Å². The van der Waals surface area contributed by atoms with Gasteiger partial charge in [0.15, 0.2) is 0 Å². The van der Waals surface area contributed by atoms with E-state index >= 15 is 0 Å². The van der Waals surface area contributed by atoms with Crippen molar-refractivity contribution in [3.63, 3.8) is 0 Å². The molecule has 0 atom stereocenters. The highest BCUT2D eigenvalue weighted by molar-refractivity contribution is 5.93. The van der Waals surface area contributed by atoms with Crippen LogP contribution in [0, 0.1) is 0 Å². The van der Waals surface area contributed by atoms with Crippen LogP contribution < -0.4 is 10.6 Å². The van der Waals surface area contributed by atoms with Gasteiger partial charge >= 0.3 is 5.69 Å². The van der Waals surface area contributed by atoms with Gasteiger partial charge in [-0.05, 0) is 36.9 Å². The van der Waals surface area contributed by atoms with Gasteiger partial charge in [-0.25, -0.2) is 18.6 Å². The standard InChI is InChI=1S/C30H36F2N8O/c1-30(2,3)28-34-22-14-20(18-16-33-36(5)17-18)21(27(31)32)15-23(22)40(28)19-12-24-26(38(7)29(41)37(24)6)25(13-19)39-10-8-35(4)9-11-39/h12-17,27H,8-11H2,1-7H3. The highest BCUT2D eigenvalue weighted by atomic mass is 19.3. The third-order valence-corrected chi connectivity index (χ3v) is 8.17. The van der Waals surface area contributed by atoms with Crippen LogP contribution in [0.2, 0.25) is 0 Å². The molecule has 41 heavy (non-hydrogen) atoms. The summed E-state index contributed by atoms with van der Waals surface area (Å²) < 4.78 is 36.1. The molecule has 1 aliphatic rings. The first kappa shape index (κ1) is 27.2. The summed E-state index contributed by atoms with van der Waals surface area (Å²) >= 11 is 0. The average Bonchev–Trinajstić information content (AvgIpc) is 3.59. The molecule has 9 nitrogen and oxygen atoms in total. The summed E-state index contributed by atoms with van der Waals surface area (Å²) in [6, 6.07) is 7.37. The lowest BCUT2D eigenvalue weighted by Crippen LogP contribution is -2.44. The normalized spacial score (nSPS) is 15.2. The maximum Gasteiger partial charge on any atom is 0.328 e. The molecule has 1 fully saturated rings. The summed E-state index contributed by atoms with van der Waals surface area (Å²) in [5.41, 5.74) is 5.07. The molecule has 216 valence electrons. The van der Waals surface area contributed by atoms with E-state index in [1.807, 2.05) is 10.6 Å². The van der Waals surface area contributed by atoms with Gasteiger partial charge in [-0.2, -0.15) is 5.10 Å². The molecule has 1 aliphatic heterocycles. The van der Waals surface area contributed by atoms with Gasteiger partial charge in [0.2, 0.25) is 0 Å². The first-order valence-corrected chi connectivity index (χ1v) is 13.8. The van der Waals surface area contributed by atoms with Gasteiger partial charge in [0, 0.05) is 70.1 Å². The summed E-state index contributed by atoms with van der Waals surface area (Å²) in [7, 11) is 7.44. The van der Waals surface area contributed by atoms with Gasteiger partial charge in [0.05, 0.1) is 39.6 Å². The number of aromatic nitrogens is 6. The molecule has 0 saturated carbocycles. The Morgan fingerprint density at radius 2 is 1.61 bits per heavy atom. The first-order chi connectivity index (χ1) is 19.3. The molecule has 4 heterocycles. The van der Waals surface area contributed by atoms with Gasteiger partial charge in [0.25, 0.3) is 6.43 Å². The Balaban J connectivity index is 1.67. The molecule has 1 saturated heterocycles. The number of hydrogen-bond donors (Lipinski definition) is 0. The highest BCUT2D eigenvalue weighted by Gasteiger charge is 2.28. The summed E-state index contributed by atoms with van der Waals surface area (Å²) in [6.45, 7) is 9.65. The van der Waals surface area contributed by atoms with E-state index in [0.717, 1.165) is 54.4 Å². The molecule has 3 aromatic heterocycles. The number of alkyl halides is 2. The molecule has 0 radical (unpaired) electrons. The molecule has 0 aliphatic carbocycles. The summed E-state index contributed by atoms with van der Waals surface area (Å²) in [5.74, 6) is 0.751. The molecular weight excluding hydrogens is 526 g/mol. The predicted octanol–water partition coefficient (Wildman–Crippen LogP) is 4.60. The molecule has 2 aromatic carbocycles. The number of anilines is 1. The number of aryl methyl sites for hydroxylation is 3. The Bertz CT molecular complexity index is 1840. The van der Waals surface area contributed by atoms with Crippen LogP contribution in [0.5, 0.6) is 0 Å². The Kier molecular flexibility index (Phi) is 6.33. The molecule has 0 N–H and O–H groups in total. The lowest BCUT2D eigenvalue weighted by Gasteiger charge is -2.34. The van der Waals surface area contributed by atoms with Crippen molar-refractivity contribution in [2.24, 2.45) is 21.1 Å². The molecule has 0 unspecified atom stereocenters. The molecule has 5 aromatic rings. The topological polar surface area (TPSA) is 69.1 Å². The SMILES string of the molecule is CN1CCN(c2cc(-n3c(C(C)(C)C)nc4cc(-c5cnn(C)c5)c(C(F)F)cc43)cc3c2n(C)c(=O)n3C)CC1. The Hall–Kier alpha value is -3.99. The predicted molar refractivity (Wildman–Crippen MR) is 158 cm³/mol. The molecular formula is C30H36F2N8O. The maximum absolute atomic E-state index is 14.6. The Labute approximate surface area is 237 Å². The average molecular weight is 563 g/mol. The fraction of sp³-hybridized carbons (Fsp3) is 0.433. The van der Waals surface area contributed by atoms with E-state index in [4.69, 9.17) is 4.98 Å². The van der Waals surface area contributed by atoms with E-state index < -0.39 is 11.8 Å². The van der Waals surface area contributed by atoms with E-state index in [-0.39, 0.29) is 11.3 Å². The number of nitrogens with zero attached hydrogens (tertiary/aromatic N) is 8. The van der Waals surface area contributed by atoms with Crippen molar-refractivity contribution < 1.29 is 8.78 Å². The van der Waals surface area contributed by atoms with E-state index in [2.05, 4.69) is 48.8 Å².